The highest BCUT2D eigenvalue weighted by atomic mass is 15.2. The summed E-state index contributed by atoms with van der Waals surface area (Å²) in [6.07, 6.45) is 8.89. The zero-order valence-electron chi connectivity index (χ0n) is 11.0. The van der Waals surface area contributed by atoms with Gasteiger partial charge in [0.1, 0.15) is 0 Å². The molecule has 0 bridgehead atoms. The summed E-state index contributed by atoms with van der Waals surface area (Å²) in [6, 6.07) is 4.64. The van der Waals surface area contributed by atoms with E-state index in [1.807, 2.05) is 18.5 Å². The molecule has 1 aromatic rings. The van der Waals surface area contributed by atoms with Gasteiger partial charge in [0, 0.05) is 38.1 Å². The maximum Gasteiger partial charge on any atom is 0.0300 e. The molecule has 2 aliphatic rings. The van der Waals surface area contributed by atoms with Gasteiger partial charge in [-0.05, 0) is 42.7 Å². The quantitative estimate of drug-likeness (QED) is 0.881. The van der Waals surface area contributed by atoms with Crippen LogP contribution in [0.4, 0.5) is 0 Å². The molecule has 3 unspecified atom stereocenters. The first-order valence-electron chi connectivity index (χ1n) is 7.20. The van der Waals surface area contributed by atoms with Gasteiger partial charge in [-0.3, -0.25) is 4.98 Å². The minimum atomic E-state index is 0.451. The van der Waals surface area contributed by atoms with Gasteiger partial charge < -0.3 is 10.6 Å². The molecule has 3 nitrogen and oxygen atoms in total. The number of rotatable bonds is 3. The second-order valence-corrected chi connectivity index (χ2v) is 5.89. The van der Waals surface area contributed by atoms with Gasteiger partial charge in [-0.15, -0.1) is 0 Å². The van der Waals surface area contributed by atoms with Crippen LogP contribution in [0, 0.1) is 11.8 Å². The Morgan fingerprint density at radius 1 is 1.33 bits per heavy atom. The Kier molecular flexibility index (Phi) is 3.62. The third-order valence-corrected chi connectivity index (χ3v) is 4.67. The molecule has 3 rings (SSSR count). The zero-order chi connectivity index (χ0) is 12.4. The van der Waals surface area contributed by atoms with Crippen LogP contribution < -0.4 is 5.73 Å². The van der Waals surface area contributed by atoms with Crippen LogP contribution in [-0.4, -0.2) is 35.6 Å². The highest BCUT2D eigenvalue weighted by molar-refractivity contribution is 5.09. The van der Waals surface area contributed by atoms with Gasteiger partial charge in [-0.25, -0.2) is 0 Å². The van der Waals surface area contributed by atoms with E-state index in [0.717, 1.165) is 24.8 Å². The molecule has 1 saturated carbocycles. The molecular formula is C15H23N3. The molecule has 0 amide bonds. The first-order chi connectivity index (χ1) is 8.83. The number of nitrogens with two attached hydrogens (primary N) is 1. The summed E-state index contributed by atoms with van der Waals surface area (Å²) < 4.78 is 0. The van der Waals surface area contributed by atoms with Gasteiger partial charge in [-0.2, -0.15) is 0 Å². The third kappa shape index (κ3) is 2.57. The van der Waals surface area contributed by atoms with Crippen molar-refractivity contribution in [2.75, 3.05) is 19.6 Å². The van der Waals surface area contributed by atoms with Gasteiger partial charge >= 0.3 is 0 Å². The summed E-state index contributed by atoms with van der Waals surface area (Å²) in [5.41, 5.74) is 7.60. The SMILES string of the molecule is NC1CCCC2CN(CCc3cccnc3)CC12. The lowest BCUT2D eigenvalue weighted by Gasteiger charge is -2.29. The molecule has 1 aromatic heterocycles. The standard InChI is InChI=1S/C15H23N3/c16-15-5-1-4-13-10-18(11-14(13)15)8-6-12-3-2-7-17-9-12/h2-3,7,9,13-15H,1,4-6,8,10-11,16H2. The average Bonchev–Trinajstić information content (AvgIpc) is 2.82. The average molecular weight is 245 g/mol. The fourth-order valence-electron chi connectivity index (χ4n) is 3.62. The number of nitrogens with zero attached hydrogens (tertiary/aromatic N) is 2. The molecule has 2 heterocycles. The summed E-state index contributed by atoms with van der Waals surface area (Å²) in [6.45, 7) is 3.64. The van der Waals surface area contributed by atoms with E-state index < -0.39 is 0 Å². The molecule has 1 aliphatic carbocycles. The molecular weight excluding hydrogens is 222 g/mol. The van der Waals surface area contributed by atoms with Crippen molar-refractivity contribution in [3.05, 3.63) is 30.1 Å². The van der Waals surface area contributed by atoms with Gasteiger partial charge in [0.15, 0.2) is 0 Å². The largest absolute Gasteiger partial charge is 0.327 e. The Labute approximate surface area is 109 Å². The number of hydrogen-bond acceptors (Lipinski definition) is 3. The first-order valence-corrected chi connectivity index (χ1v) is 7.20. The maximum atomic E-state index is 6.25. The summed E-state index contributed by atoms with van der Waals surface area (Å²) in [4.78, 5) is 6.78. The van der Waals surface area contributed by atoms with E-state index in [4.69, 9.17) is 5.73 Å². The Morgan fingerprint density at radius 3 is 3.06 bits per heavy atom. The highest BCUT2D eigenvalue weighted by Crippen LogP contribution is 2.35. The van der Waals surface area contributed by atoms with Crippen molar-refractivity contribution < 1.29 is 0 Å². The predicted molar refractivity (Wildman–Crippen MR) is 73.2 cm³/mol. The van der Waals surface area contributed by atoms with Gasteiger partial charge in [0.25, 0.3) is 0 Å². The Morgan fingerprint density at radius 2 is 2.28 bits per heavy atom. The monoisotopic (exact) mass is 245 g/mol. The van der Waals surface area contributed by atoms with Crippen LogP contribution in [0.1, 0.15) is 24.8 Å². The summed E-state index contributed by atoms with van der Waals surface area (Å²) >= 11 is 0. The fourth-order valence-corrected chi connectivity index (χ4v) is 3.62. The van der Waals surface area contributed by atoms with Crippen molar-refractivity contribution >= 4 is 0 Å². The minimum Gasteiger partial charge on any atom is -0.327 e. The van der Waals surface area contributed by atoms with Crippen LogP contribution in [-0.2, 0) is 6.42 Å². The van der Waals surface area contributed by atoms with Gasteiger partial charge in [0.05, 0.1) is 0 Å². The Hall–Kier alpha value is -0.930. The Balaban J connectivity index is 1.53. The van der Waals surface area contributed by atoms with Crippen molar-refractivity contribution in [1.82, 2.24) is 9.88 Å². The number of likely N-dealkylation sites (tertiary alicyclic amines) is 1. The van der Waals surface area contributed by atoms with Crippen LogP contribution >= 0.6 is 0 Å². The second kappa shape index (κ2) is 5.37. The van der Waals surface area contributed by atoms with Crippen LogP contribution in [0.2, 0.25) is 0 Å². The van der Waals surface area contributed by atoms with Crippen molar-refractivity contribution in [2.45, 2.75) is 31.7 Å². The van der Waals surface area contributed by atoms with E-state index >= 15 is 0 Å². The summed E-state index contributed by atoms with van der Waals surface area (Å²) in [5.74, 6) is 1.62. The zero-order valence-corrected chi connectivity index (χ0v) is 11.0. The summed E-state index contributed by atoms with van der Waals surface area (Å²) in [7, 11) is 0. The van der Waals surface area contributed by atoms with Crippen LogP contribution in [0.5, 0.6) is 0 Å². The van der Waals surface area contributed by atoms with E-state index in [2.05, 4.69) is 16.0 Å². The molecule has 0 radical (unpaired) electrons. The molecule has 2 N–H and O–H groups in total. The lowest BCUT2D eigenvalue weighted by molar-refractivity contribution is 0.259. The highest BCUT2D eigenvalue weighted by Gasteiger charge is 2.38. The Bertz CT molecular complexity index is 379. The van der Waals surface area contributed by atoms with Crippen molar-refractivity contribution in [2.24, 2.45) is 17.6 Å². The van der Waals surface area contributed by atoms with Crippen molar-refractivity contribution in [3.8, 4) is 0 Å². The van der Waals surface area contributed by atoms with Crippen molar-refractivity contribution in [3.63, 3.8) is 0 Å². The normalized spacial score (nSPS) is 32.4. The van der Waals surface area contributed by atoms with E-state index in [9.17, 15) is 0 Å². The van der Waals surface area contributed by atoms with Crippen molar-refractivity contribution in [1.29, 1.82) is 0 Å². The smallest absolute Gasteiger partial charge is 0.0300 e. The summed E-state index contributed by atoms with van der Waals surface area (Å²) in [5, 5.41) is 0. The molecule has 1 aliphatic heterocycles. The van der Waals surface area contributed by atoms with E-state index in [0.29, 0.717) is 6.04 Å². The van der Waals surface area contributed by atoms with E-state index in [-0.39, 0.29) is 0 Å². The lowest BCUT2D eigenvalue weighted by Crippen LogP contribution is -2.38. The number of hydrogen-bond donors (Lipinski definition) is 1. The maximum absolute atomic E-state index is 6.25. The molecule has 2 fully saturated rings. The molecule has 3 heteroatoms. The minimum absolute atomic E-state index is 0.451. The molecule has 0 spiro atoms. The topological polar surface area (TPSA) is 42.1 Å². The van der Waals surface area contributed by atoms with Gasteiger partial charge in [-0.1, -0.05) is 12.5 Å². The molecule has 3 atom stereocenters. The van der Waals surface area contributed by atoms with Crippen LogP contribution in [0.25, 0.3) is 0 Å². The van der Waals surface area contributed by atoms with Gasteiger partial charge in [0.2, 0.25) is 0 Å². The predicted octanol–water partition coefficient (Wildman–Crippen LogP) is 1.68. The molecule has 98 valence electrons. The van der Waals surface area contributed by atoms with Crippen LogP contribution in [0.15, 0.2) is 24.5 Å². The molecule has 1 saturated heterocycles. The fraction of sp³-hybridized carbons (Fsp3) is 0.667. The second-order valence-electron chi connectivity index (χ2n) is 5.89. The number of pyridine rings is 1. The van der Waals surface area contributed by atoms with Crippen LogP contribution in [0.3, 0.4) is 0 Å². The molecule has 0 aromatic carbocycles. The number of fused-ring (bicyclic) bond motifs is 1. The first kappa shape index (κ1) is 12.1. The van der Waals surface area contributed by atoms with E-state index in [1.165, 1.54) is 37.9 Å². The molecule has 18 heavy (non-hydrogen) atoms. The number of aromatic nitrogens is 1. The van der Waals surface area contributed by atoms with E-state index in [1.54, 1.807) is 0 Å². The lowest BCUT2D eigenvalue weighted by atomic mass is 9.78. The third-order valence-electron chi connectivity index (χ3n) is 4.67.